The monoisotopic (exact) mass is 210 g/mol. The SMILES string of the molecule is CCCCCN1C=CN(CC)C1CCC. The number of rotatable bonds is 7. The molecule has 1 atom stereocenters. The van der Waals surface area contributed by atoms with E-state index in [0.717, 1.165) is 6.54 Å². The third-order valence-electron chi connectivity index (χ3n) is 3.15. The molecule has 0 saturated carbocycles. The van der Waals surface area contributed by atoms with Crippen LogP contribution in [0.15, 0.2) is 12.4 Å². The zero-order valence-corrected chi connectivity index (χ0v) is 10.6. The highest BCUT2D eigenvalue weighted by atomic mass is 15.4. The Balaban J connectivity index is 2.38. The lowest BCUT2D eigenvalue weighted by Crippen LogP contribution is -2.38. The Morgan fingerprint density at radius 3 is 2.27 bits per heavy atom. The van der Waals surface area contributed by atoms with Crippen molar-refractivity contribution in [1.82, 2.24) is 9.80 Å². The largest absolute Gasteiger partial charge is 0.356 e. The van der Waals surface area contributed by atoms with Crippen molar-refractivity contribution in [2.45, 2.75) is 59.0 Å². The summed E-state index contributed by atoms with van der Waals surface area (Å²) in [5, 5.41) is 0. The van der Waals surface area contributed by atoms with Crippen molar-refractivity contribution in [3.8, 4) is 0 Å². The molecule has 1 rings (SSSR count). The van der Waals surface area contributed by atoms with Crippen LogP contribution in [-0.4, -0.2) is 29.1 Å². The third kappa shape index (κ3) is 3.44. The first-order valence-corrected chi connectivity index (χ1v) is 6.53. The van der Waals surface area contributed by atoms with Gasteiger partial charge in [0.15, 0.2) is 0 Å². The van der Waals surface area contributed by atoms with E-state index in [1.807, 2.05) is 0 Å². The van der Waals surface area contributed by atoms with Gasteiger partial charge in [-0.1, -0.05) is 33.1 Å². The second kappa shape index (κ2) is 6.76. The quantitative estimate of drug-likeness (QED) is 0.594. The molecule has 1 aliphatic rings. The summed E-state index contributed by atoms with van der Waals surface area (Å²) in [5.74, 6) is 0. The molecular formula is C13H26N2. The number of unbranched alkanes of at least 4 members (excludes halogenated alkanes) is 2. The Morgan fingerprint density at radius 1 is 0.933 bits per heavy atom. The van der Waals surface area contributed by atoms with E-state index in [4.69, 9.17) is 0 Å². The van der Waals surface area contributed by atoms with Gasteiger partial charge in [0.05, 0.1) is 0 Å². The lowest BCUT2D eigenvalue weighted by atomic mass is 10.2. The molecule has 0 fully saturated rings. The van der Waals surface area contributed by atoms with Crippen LogP contribution in [0.5, 0.6) is 0 Å². The minimum atomic E-state index is 0.636. The Bertz CT molecular complexity index is 189. The van der Waals surface area contributed by atoms with E-state index in [2.05, 4.69) is 43.0 Å². The van der Waals surface area contributed by atoms with Gasteiger partial charge in [0.25, 0.3) is 0 Å². The molecule has 0 radical (unpaired) electrons. The van der Waals surface area contributed by atoms with Crippen LogP contribution in [-0.2, 0) is 0 Å². The van der Waals surface area contributed by atoms with Crippen molar-refractivity contribution >= 4 is 0 Å². The van der Waals surface area contributed by atoms with Gasteiger partial charge in [-0.25, -0.2) is 0 Å². The van der Waals surface area contributed by atoms with Gasteiger partial charge in [-0.15, -0.1) is 0 Å². The summed E-state index contributed by atoms with van der Waals surface area (Å²) in [6.45, 7) is 9.14. The maximum absolute atomic E-state index is 2.52. The lowest BCUT2D eigenvalue weighted by Gasteiger charge is -2.32. The van der Waals surface area contributed by atoms with Crippen LogP contribution >= 0.6 is 0 Å². The molecule has 0 aromatic rings. The van der Waals surface area contributed by atoms with Crippen LogP contribution in [0.4, 0.5) is 0 Å². The summed E-state index contributed by atoms with van der Waals surface area (Å²) in [6.07, 6.45) is 11.7. The molecule has 0 bridgehead atoms. The fourth-order valence-corrected chi connectivity index (χ4v) is 2.23. The Kier molecular flexibility index (Phi) is 5.59. The molecule has 0 amide bonds. The highest BCUT2D eigenvalue weighted by molar-refractivity contribution is 4.96. The van der Waals surface area contributed by atoms with E-state index in [1.165, 1.54) is 38.6 Å². The third-order valence-corrected chi connectivity index (χ3v) is 3.15. The summed E-state index contributed by atoms with van der Waals surface area (Å²) in [4.78, 5) is 4.97. The van der Waals surface area contributed by atoms with Crippen molar-refractivity contribution in [3.63, 3.8) is 0 Å². The summed E-state index contributed by atoms with van der Waals surface area (Å²) in [7, 11) is 0. The Labute approximate surface area is 94.9 Å². The maximum Gasteiger partial charge on any atom is 0.101 e. The predicted octanol–water partition coefficient (Wildman–Crippen LogP) is 3.41. The molecule has 1 unspecified atom stereocenters. The minimum Gasteiger partial charge on any atom is -0.356 e. The zero-order chi connectivity index (χ0) is 11.1. The van der Waals surface area contributed by atoms with E-state index in [-0.39, 0.29) is 0 Å². The van der Waals surface area contributed by atoms with E-state index in [0.29, 0.717) is 6.17 Å². The summed E-state index contributed by atoms with van der Waals surface area (Å²) >= 11 is 0. The standard InChI is InChI=1S/C13H26N2/c1-4-7-8-10-15-12-11-14(6-3)13(15)9-5-2/h11-13H,4-10H2,1-3H3. The second-order valence-electron chi connectivity index (χ2n) is 4.34. The highest BCUT2D eigenvalue weighted by Gasteiger charge is 2.23. The molecule has 0 saturated heterocycles. The van der Waals surface area contributed by atoms with E-state index < -0.39 is 0 Å². The Hall–Kier alpha value is -0.660. The average Bonchev–Trinajstić information content (AvgIpc) is 2.62. The van der Waals surface area contributed by atoms with Crippen LogP contribution in [0.2, 0.25) is 0 Å². The zero-order valence-electron chi connectivity index (χ0n) is 10.6. The molecule has 2 nitrogen and oxygen atoms in total. The first-order chi connectivity index (χ1) is 7.33. The summed E-state index contributed by atoms with van der Waals surface area (Å²) < 4.78 is 0. The normalized spacial score (nSPS) is 20.3. The maximum atomic E-state index is 2.52. The van der Waals surface area contributed by atoms with Crippen LogP contribution in [0.3, 0.4) is 0 Å². The lowest BCUT2D eigenvalue weighted by molar-refractivity contribution is 0.145. The van der Waals surface area contributed by atoms with Crippen molar-refractivity contribution < 1.29 is 0 Å². The van der Waals surface area contributed by atoms with Crippen molar-refractivity contribution in [2.24, 2.45) is 0 Å². The van der Waals surface area contributed by atoms with Crippen molar-refractivity contribution in [2.75, 3.05) is 13.1 Å². The highest BCUT2D eigenvalue weighted by Crippen LogP contribution is 2.20. The van der Waals surface area contributed by atoms with E-state index >= 15 is 0 Å². The molecule has 0 aromatic heterocycles. The molecular weight excluding hydrogens is 184 g/mol. The van der Waals surface area contributed by atoms with Gasteiger partial charge in [-0.3, -0.25) is 0 Å². The van der Waals surface area contributed by atoms with E-state index in [1.54, 1.807) is 0 Å². The van der Waals surface area contributed by atoms with Gasteiger partial charge in [-0.2, -0.15) is 0 Å². The van der Waals surface area contributed by atoms with Gasteiger partial charge < -0.3 is 9.80 Å². The molecule has 0 N–H and O–H groups in total. The number of hydrogen-bond donors (Lipinski definition) is 0. The topological polar surface area (TPSA) is 6.48 Å². The molecule has 0 aliphatic carbocycles. The fraction of sp³-hybridized carbons (Fsp3) is 0.846. The predicted molar refractivity (Wildman–Crippen MR) is 66.4 cm³/mol. The van der Waals surface area contributed by atoms with E-state index in [9.17, 15) is 0 Å². The molecule has 15 heavy (non-hydrogen) atoms. The first-order valence-electron chi connectivity index (χ1n) is 6.53. The first kappa shape index (κ1) is 12.4. The van der Waals surface area contributed by atoms with Gasteiger partial charge in [-0.05, 0) is 19.8 Å². The second-order valence-corrected chi connectivity index (χ2v) is 4.34. The van der Waals surface area contributed by atoms with Crippen LogP contribution in [0.25, 0.3) is 0 Å². The number of nitrogens with zero attached hydrogens (tertiary/aromatic N) is 2. The van der Waals surface area contributed by atoms with Crippen LogP contribution in [0, 0.1) is 0 Å². The molecule has 2 heteroatoms. The van der Waals surface area contributed by atoms with Crippen molar-refractivity contribution in [3.05, 3.63) is 12.4 Å². The van der Waals surface area contributed by atoms with Gasteiger partial charge in [0, 0.05) is 25.5 Å². The Morgan fingerprint density at radius 2 is 1.67 bits per heavy atom. The fourth-order valence-electron chi connectivity index (χ4n) is 2.23. The summed E-state index contributed by atoms with van der Waals surface area (Å²) in [5.41, 5.74) is 0. The minimum absolute atomic E-state index is 0.636. The average molecular weight is 210 g/mol. The van der Waals surface area contributed by atoms with Crippen molar-refractivity contribution in [1.29, 1.82) is 0 Å². The van der Waals surface area contributed by atoms with Crippen LogP contribution in [0.1, 0.15) is 52.9 Å². The van der Waals surface area contributed by atoms with Gasteiger partial charge >= 0.3 is 0 Å². The molecule has 88 valence electrons. The van der Waals surface area contributed by atoms with Crippen LogP contribution < -0.4 is 0 Å². The van der Waals surface area contributed by atoms with Gasteiger partial charge in [0.2, 0.25) is 0 Å². The molecule has 0 spiro atoms. The molecule has 1 heterocycles. The molecule has 1 aliphatic heterocycles. The van der Waals surface area contributed by atoms with Gasteiger partial charge in [0.1, 0.15) is 6.17 Å². The number of hydrogen-bond acceptors (Lipinski definition) is 2. The summed E-state index contributed by atoms with van der Waals surface area (Å²) in [6, 6.07) is 0. The smallest absolute Gasteiger partial charge is 0.101 e. The molecule has 0 aromatic carbocycles.